The van der Waals surface area contributed by atoms with Crippen LogP contribution in [0.25, 0.3) is 55.4 Å². The van der Waals surface area contributed by atoms with E-state index in [9.17, 15) is 9.59 Å². The fourth-order valence-corrected chi connectivity index (χ4v) is 8.32. The molecule has 63 heavy (non-hydrogen) atoms. The first kappa shape index (κ1) is 39.6. The van der Waals surface area contributed by atoms with Gasteiger partial charge in [0, 0.05) is 81.3 Å². The van der Waals surface area contributed by atoms with E-state index in [1.807, 2.05) is 121 Å². The van der Waals surface area contributed by atoms with Gasteiger partial charge in [0.15, 0.2) is 45.9 Å². The van der Waals surface area contributed by atoms with Crippen LogP contribution in [-0.4, -0.2) is 83.8 Å². The molecular formula is C42H31BrN14O4S2. The Morgan fingerprint density at radius 1 is 0.667 bits per heavy atom. The molecular weight excluding hydrogens is 909 g/mol. The number of pyridine rings is 4. The Hall–Kier alpha value is -7.49. The summed E-state index contributed by atoms with van der Waals surface area (Å²) in [5, 5.41) is 31.9. The van der Waals surface area contributed by atoms with E-state index in [1.165, 1.54) is 11.8 Å². The molecule has 0 atom stereocenters. The zero-order valence-electron chi connectivity index (χ0n) is 33.1. The number of benzene rings is 2. The van der Waals surface area contributed by atoms with Crippen LogP contribution in [0.1, 0.15) is 0 Å². The summed E-state index contributed by atoms with van der Waals surface area (Å²) in [5.74, 6) is 0.991. The van der Waals surface area contributed by atoms with Crippen LogP contribution in [0.15, 0.2) is 125 Å². The second kappa shape index (κ2) is 16.4. The zero-order chi connectivity index (χ0) is 43.2. The molecule has 2 aliphatic heterocycles. The highest BCUT2D eigenvalue weighted by Crippen LogP contribution is 2.38. The van der Waals surface area contributed by atoms with Gasteiger partial charge < -0.3 is 20.1 Å². The van der Waals surface area contributed by atoms with Crippen molar-refractivity contribution in [3.8, 4) is 33.8 Å². The molecule has 12 rings (SSSR count). The standard InChI is InChI=1S/C21H15N7O2S.C11H7BrN2O2.C10H9N5S/c1-27-9-13(7-23-27)12-2-5-18-25-26-21(28(18)10-12)31-14-3-4-16-15(6-14)20-17(8-22-16)24-19(29)11-30-20;12-6-1-2-8-7(3-6)11-9(4-13-8)14-10(15)5-16-11;1-14-5-8(4-11-14)7-2-3-9-12-13-10(16)15(9)6-7/h2-10H,11H2,1H3,(H,24,29);1-4H,5H2,(H,14,15);2-6H,1H3,(H,13,16). The number of halogens is 1. The van der Waals surface area contributed by atoms with Gasteiger partial charge in [-0.1, -0.05) is 15.9 Å². The number of ether oxygens (including phenoxy) is 2. The highest BCUT2D eigenvalue weighted by atomic mass is 79.9. The molecule has 3 N–H and O–H groups in total. The number of aromatic amines is 1. The average molecular weight is 940 g/mol. The first-order valence-electron chi connectivity index (χ1n) is 19.1. The molecule has 21 heteroatoms. The van der Waals surface area contributed by atoms with Gasteiger partial charge in [-0.25, -0.2) is 0 Å². The van der Waals surface area contributed by atoms with E-state index in [-0.39, 0.29) is 25.0 Å². The van der Waals surface area contributed by atoms with Crippen molar-refractivity contribution in [2.45, 2.75) is 10.1 Å². The summed E-state index contributed by atoms with van der Waals surface area (Å²) in [6.45, 7) is 0.0496. The quantitative estimate of drug-likeness (QED) is 0.149. The number of hydrogen-bond donors (Lipinski definition) is 3. The molecule has 312 valence electrons. The van der Waals surface area contributed by atoms with Crippen molar-refractivity contribution >= 4 is 96.2 Å². The third-order valence-electron chi connectivity index (χ3n) is 9.88. The van der Waals surface area contributed by atoms with Gasteiger partial charge in [-0.3, -0.25) is 42.8 Å². The highest BCUT2D eigenvalue weighted by molar-refractivity contribution is 9.10. The van der Waals surface area contributed by atoms with Crippen molar-refractivity contribution < 1.29 is 19.1 Å². The Morgan fingerprint density at radius 3 is 1.87 bits per heavy atom. The summed E-state index contributed by atoms with van der Waals surface area (Å²) in [6.07, 6.45) is 14.8. The minimum atomic E-state index is -0.182. The molecule has 0 radical (unpaired) electrons. The maximum Gasteiger partial charge on any atom is 0.262 e. The van der Waals surface area contributed by atoms with Crippen molar-refractivity contribution in [2.24, 2.45) is 14.1 Å². The molecule has 10 aromatic rings. The summed E-state index contributed by atoms with van der Waals surface area (Å²) in [5.41, 5.74) is 8.62. The molecule has 2 amide bonds. The van der Waals surface area contributed by atoms with E-state index in [2.05, 4.69) is 67.1 Å². The monoisotopic (exact) mass is 938 g/mol. The van der Waals surface area contributed by atoms with Crippen LogP contribution in [0.3, 0.4) is 0 Å². The van der Waals surface area contributed by atoms with Gasteiger partial charge in [-0.05, 0) is 84.6 Å². The molecule has 0 spiro atoms. The molecule has 0 saturated carbocycles. The predicted molar refractivity (Wildman–Crippen MR) is 241 cm³/mol. The number of aryl methyl sites for hydroxylation is 2. The van der Waals surface area contributed by atoms with Crippen molar-refractivity contribution in [2.75, 3.05) is 23.8 Å². The molecule has 0 saturated heterocycles. The predicted octanol–water partition coefficient (Wildman–Crippen LogP) is 7.28. The van der Waals surface area contributed by atoms with Crippen LogP contribution >= 0.6 is 39.9 Å². The molecule has 0 unspecified atom stereocenters. The minimum absolute atomic E-state index is 0.00454. The number of amides is 2. The van der Waals surface area contributed by atoms with Gasteiger partial charge in [0.25, 0.3) is 11.8 Å². The summed E-state index contributed by atoms with van der Waals surface area (Å²) >= 11 is 10.0. The largest absolute Gasteiger partial charge is 0.481 e. The van der Waals surface area contributed by atoms with Crippen LogP contribution in [0.5, 0.6) is 11.5 Å². The van der Waals surface area contributed by atoms with E-state index in [0.717, 1.165) is 69.9 Å². The fourth-order valence-electron chi connectivity index (χ4n) is 6.92. The second-order valence-corrected chi connectivity index (χ2v) is 16.6. The van der Waals surface area contributed by atoms with Crippen LogP contribution in [0.4, 0.5) is 11.4 Å². The lowest BCUT2D eigenvalue weighted by Crippen LogP contribution is -2.25. The Labute approximate surface area is 373 Å². The smallest absolute Gasteiger partial charge is 0.262 e. The number of fused-ring (bicyclic) bond motifs is 8. The number of rotatable bonds is 4. The third-order valence-corrected chi connectivity index (χ3v) is 11.6. The van der Waals surface area contributed by atoms with Gasteiger partial charge in [-0.2, -0.15) is 15.3 Å². The van der Waals surface area contributed by atoms with Crippen molar-refractivity contribution in [1.29, 1.82) is 0 Å². The van der Waals surface area contributed by atoms with Gasteiger partial charge in [-0.15, -0.1) is 10.2 Å². The zero-order valence-corrected chi connectivity index (χ0v) is 36.3. The van der Waals surface area contributed by atoms with E-state index in [4.69, 9.17) is 21.7 Å². The van der Waals surface area contributed by atoms with Gasteiger partial charge in [0.2, 0.25) is 0 Å². The number of carbonyl (C=O) groups is 2. The Morgan fingerprint density at radius 2 is 1.25 bits per heavy atom. The first-order valence-corrected chi connectivity index (χ1v) is 21.1. The average Bonchev–Trinajstić information content (AvgIpc) is 4.11. The normalized spacial score (nSPS) is 12.9. The molecule has 10 heterocycles. The fraction of sp³-hybridized carbons (Fsp3) is 0.0952. The van der Waals surface area contributed by atoms with Crippen molar-refractivity contribution in [3.05, 3.63) is 119 Å². The highest BCUT2D eigenvalue weighted by Gasteiger charge is 2.21. The number of nitrogens with zero attached hydrogens (tertiary/aromatic N) is 11. The third kappa shape index (κ3) is 8.07. The number of carbonyl (C=O) groups excluding carboxylic acids is 2. The lowest BCUT2D eigenvalue weighted by Gasteiger charge is -2.19. The summed E-state index contributed by atoms with van der Waals surface area (Å²) in [7, 11) is 3.79. The van der Waals surface area contributed by atoms with Crippen molar-refractivity contribution in [3.63, 3.8) is 0 Å². The SMILES string of the molecule is Cn1cc(-c2ccc3n[nH]c(=S)n3c2)cn1.Cn1cc(-c2ccc3nnc(Sc4ccc5ncc6c(c5c4)OCC(=O)N6)n3c2)cn1.O=C1COc2c(cnc3ccc(Br)cc23)N1. The molecule has 0 aliphatic carbocycles. The lowest BCUT2D eigenvalue weighted by molar-refractivity contribution is -0.119. The molecule has 8 aromatic heterocycles. The van der Waals surface area contributed by atoms with Crippen LogP contribution in [0, 0.1) is 4.77 Å². The summed E-state index contributed by atoms with van der Waals surface area (Å²) in [4.78, 5) is 32.4. The van der Waals surface area contributed by atoms with Gasteiger partial charge >= 0.3 is 0 Å². The van der Waals surface area contributed by atoms with Gasteiger partial charge in [0.1, 0.15) is 11.4 Å². The number of nitrogens with one attached hydrogen (secondary N) is 3. The molecule has 18 nitrogen and oxygen atoms in total. The Bertz CT molecular complexity index is 3490. The maximum absolute atomic E-state index is 11.6. The van der Waals surface area contributed by atoms with E-state index in [1.54, 1.807) is 21.8 Å². The molecule has 0 fully saturated rings. The van der Waals surface area contributed by atoms with E-state index in [0.29, 0.717) is 27.6 Å². The van der Waals surface area contributed by atoms with Crippen LogP contribution < -0.4 is 20.1 Å². The molecule has 2 aliphatic rings. The number of anilines is 2. The Kier molecular flexibility index (Phi) is 10.3. The number of hydrogen-bond acceptors (Lipinski definition) is 13. The van der Waals surface area contributed by atoms with Crippen LogP contribution in [-0.2, 0) is 23.7 Å². The maximum atomic E-state index is 11.6. The second-order valence-electron chi connectivity index (χ2n) is 14.2. The van der Waals surface area contributed by atoms with Crippen LogP contribution in [0.2, 0.25) is 0 Å². The molecule has 0 bridgehead atoms. The number of aromatic nitrogens is 12. The Balaban J connectivity index is 0.000000124. The number of H-pyrrole nitrogens is 1. The summed E-state index contributed by atoms with van der Waals surface area (Å²) in [6, 6.07) is 19.5. The van der Waals surface area contributed by atoms with E-state index < -0.39 is 0 Å². The first-order chi connectivity index (χ1) is 30.6. The van der Waals surface area contributed by atoms with Gasteiger partial charge in [0.05, 0.1) is 35.8 Å². The minimum Gasteiger partial charge on any atom is -0.481 e. The topological polar surface area (TPSA) is 201 Å². The lowest BCUT2D eigenvalue weighted by atomic mass is 10.1. The summed E-state index contributed by atoms with van der Waals surface area (Å²) < 4.78 is 20.0. The van der Waals surface area contributed by atoms with E-state index >= 15 is 0 Å². The van der Waals surface area contributed by atoms with Crippen molar-refractivity contribution in [1.82, 2.24) is 58.7 Å². The molecule has 2 aromatic carbocycles.